The molecular formula is C15H25N3. The maximum Gasteiger partial charge on any atom is 0.0951 e. The van der Waals surface area contributed by atoms with Gasteiger partial charge in [-0.15, -0.1) is 0 Å². The van der Waals surface area contributed by atoms with Crippen molar-refractivity contribution in [3.8, 4) is 0 Å². The van der Waals surface area contributed by atoms with E-state index in [9.17, 15) is 0 Å². The van der Waals surface area contributed by atoms with E-state index in [1.54, 1.807) is 0 Å². The Hall–Kier alpha value is -0.830. The monoisotopic (exact) mass is 247 g/mol. The third-order valence-corrected chi connectivity index (χ3v) is 5.19. The van der Waals surface area contributed by atoms with E-state index in [0.29, 0.717) is 11.5 Å². The van der Waals surface area contributed by atoms with Crippen molar-refractivity contribution in [3.63, 3.8) is 0 Å². The van der Waals surface area contributed by atoms with Gasteiger partial charge in [-0.3, -0.25) is 0 Å². The summed E-state index contributed by atoms with van der Waals surface area (Å²) in [5.74, 6) is 0. The van der Waals surface area contributed by atoms with E-state index in [2.05, 4.69) is 48.2 Å². The van der Waals surface area contributed by atoms with Gasteiger partial charge in [0.15, 0.2) is 0 Å². The molecule has 3 rings (SSSR count). The lowest BCUT2D eigenvalue weighted by atomic mass is 9.83. The molecule has 0 bridgehead atoms. The molecular weight excluding hydrogens is 222 g/mol. The number of hydrogen-bond acceptors (Lipinski definition) is 2. The Labute approximate surface area is 110 Å². The highest BCUT2D eigenvalue weighted by Gasteiger charge is 2.40. The van der Waals surface area contributed by atoms with Crippen molar-refractivity contribution in [3.05, 3.63) is 18.2 Å². The van der Waals surface area contributed by atoms with E-state index in [-0.39, 0.29) is 5.41 Å². The van der Waals surface area contributed by atoms with Gasteiger partial charge in [0.2, 0.25) is 0 Å². The molecule has 1 N–H and O–H groups in total. The van der Waals surface area contributed by atoms with Gasteiger partial charge in [0.05, 0.1) is 6.33 Å². The number of nitrogens with zero attached hydrogens (tertiary/aromatic N) is 2. The van der Waals surface area contributed by atoms with Gasteiger partial charge in [-0.05, 0) is 31.2 Å². The van der Waals surface area contributed by atoms with Crippen LogP contribution in [0.4, 0.5) is 0 Å². The van der Waals surface area contributed by atoms with E-state index in [1.807, 2.05) is 0 Å². The van der Waals surface area contributed by atoms with Crippen LogP contribution in [0.2, 0.25) is 0 Å². The molecule has 2 heterocycles. The van der Waals surface area contributed by atoms with E-state index < -0.39 is 0 Å². The fraction of sp³-hybridized carbons (Fsp3) is 0.800. The Balaban J connectivity index is 1.97. The molecule has 100 valence electrons. The highest BCUT2D eigenvalue weighted by molar-refractivity contribution is 5.19. The molecule has 1 aliphatic carbocycles. The lowest BCUT2D eigenvalue weighted by Crippen LogP contribution is -2.31. The molecule has 1 aromatic heterocycles. The fourth-order valence-electron chi connectivity index (χ4n) is 3.88. The number of hydrogen-bond donors (Lipinski definition) is 1. The molecule has 2 atom stereocenters. The van der Waals surface area contributed by atoms with Gasteiger partial charge in [0, 0.05) is 29.9 Å². The zero-order chi connectivity index (χ0) is 12.8. The molecule has 0 amide bonds. The summed E-state index contributed by atoms with van der Waals surface area (Å²) in [4.78, 5) is 4.46. The predicted octanol–water partition coefficient (Wildman–Crippen LogP) is 2.89. The third kappa shape index (κ3) is 1.80. The van der Waals surface area contributed by atoms with Crippen molar-refractivity contribution in [2.75, 3.05) is 13.1 Å². The molecule has 1 saturated carbocycles. The van der Waals surface area contributed by atoms with Crippen LogP contribution in [-0.4, -0.2) is 22.6 Å². The highest BCUT2D eigenvalue weighted by atomic mass is 15.1. The summed E-state index contributed by atoms with van der Waals surface area (Å²) in [6, 6.07) is 0.632. The van der Waals surface area contributed by atoms with Gasteiger partial charge >= 0.3 is 0 Å². The van der Waals surface area contributed by atoms with Crippen molar-refractivity contribution in [2.45, 2.75) is 57.9 Å². The van der Waals surface area contributed by atoms with Gasteiger partial charge in [-0.2, -0.15) is 0 Å². The van der Waals surface area contributed by atoms with E-state index in [1.165, 1.54) is 31.4 Å². The number of imidazole rings is 1. The molecule has 0 aromatic carbocycles. The number of rotatable bonds is 2. The van der Waals surface area contributed by atoms with Crippen molar-refractivity contribution in [1.82, 2.24) is 14.9 Å². The summed E-state index contributed by atoms with van der Waals surface area (Å²) >= 11 is 0. The van der Waals surface area contributed by atoms with Gasteiger partial charge in [0.1, 0.15) is 0 Å². The van der Waals surface area contributed by atoms with Gasteiger partial charge in [-0.25, -0.2) is 4.98 Å². The van der Waals surface area contributed by atoms with Crippen LogP contribution >= 0.6 is 0 Å². The Kier molecular flexibility index (Phi) is 2.77. The molecule has 2 unspecified atom stereocenters. The summed E-state index contributed by atoms with van der Waals surface area (Å²) < 4.78 is 2.49. The smallest absolute Gasteiger partial charge is 0.0951 e. The average molecular weight is 247 g/mol. The lowest BCUT2D eigenvalue weighted by molar-refractivity contribution is 0.248. The summed E-state index contributed by atoms with van der Waals surface area (Å²) in [6.07, 6.45) is 9.39. The average Bonchev–Trinajstić information content (AvgIpc) is 2.97. The van der Waals surface area contributed by atoms with E-state index in [4.69, 9.17) is 0 Å². The maximum absolute atomic E-state index is 4.46. The first-order chi connectivity index (χ1) is 8.53. The Morgan fingerprint density at radius 2 is 2.17 bits per heavy atom. The molecule has 0 radical (unpaired) electrons. The second kappa shape index (κ2) is 4.09. The molecule has 1 aliphatic heterocycles. The molecule has 3 nitrogen and oxygen atoms in total. The Bertz CT molecular complexity index is 427. The lowest BCUT2D eigenvalue weighted by Gasteiger charge is -2.33. The van der Waals surface area contributed by atoms with Crippen LogP contribution < -0.4 is 5.32 Å². The van der Waals surface area contributed by atoms with Crippen LogP contribution in [0.3, 0.4) is 0 Å². The zero-order valence-corrected chi connectivity index (χ0v) is 11.9. The van der Waals surface area contributed by atoms with E-state index in [0.717, 1.165) is 13.1 Å². The molecule has 0 spiro atoms. The molecule has 1 saturated heterocycles. The normalized spacial score (nSPS) is 35.2. The SMILES string of the molecule is CC1(c2cncn2C2CCCC2(C)C)CCNC1. The van der Waals surface area contributed by atoms with Crippen molar-refractivity contribution in [2.24, 2.45) is 5.41 Å². The van der Waals surface area contributed by atoms with Crippen LogP contribution in [0.5, 0.6) is 0 Å². The van der Waals surface area contributed by atoms with Crippen molar-refractivity contribution < 1.29 is 0 Å². The molecule has 2 aliphatic rings. The van der Waals surface area contributed by atoms with Crippen molar-refractivity contribution in [1.29, 1.82) is 0 Å². The second-order valence-corrected chi connectivity index (χ2v) is 7.07. The Morgan fingerprint density at radius 3 is 2.78 bits per heavy atom. The van der Waals surface area contributed by atoms with Gasteiger partial charge < -0.3 is 9.88 Å². The van der Waals surface area contributed by atoms with Crippen LogP contribution in [0.25, 0.3) is 0 Å². The van der Waals surface area contributed by atoms with Crippen LogP contribution in [0, 0.1) is 5.41 Å². The summed E-state index contributed by atoms with van der Waals surface area (Å²) in [6.45, 7) is 9.41. The summed E-state index contributed by atoms with van der Waals surface area (Å²) in [5.41, 5.74) is 2.12. The molecule has 3 heteroatoms. The second-order valence-electron chi connectivity index (χ2n) is 7.07. The van der Waals surface area contributed by atoms with E-state index >= 15 is 0 Å². The van der Waals surface area contributed by atoms with Gasteiger partial charge in [-0.1, -0.05) is 27.2 Å². The van der Waals surface area contributed by atoms with Crippen molar-refractivity contribution >= 4 is 0 Å². The first-order valence-electron chi connectivity index (χ1n) is 7.26. The van der Waals surface area contributed by atoms with Crippen LogP contribution in [-0.2, 0) is 5.41 Å². The first-order valence-corrected chi connectivity index (χ1v) is 7.26. The molecule has 18 heavy (non-hydrogen) atoms. The third-order valence-electron chi connectivity index (χ3n) is 5.19. The molecule has 1 aromatic rings. The standard InChI is InChI=1S/C15H25N3/c1-14(2)6-4-5-12(14)18-11-17-9-13(18)15(3)7-8-16-10-15/h9,11-12,16H,4-8,10H2,1-3H3. The zero-order valence-electron chi connectivity index (χ0n) is 11.9. The van der Waals surface area contributed by atoms with Crippen LogP contribution in [0.15, 0.2) is 12.5 Å². The van der Waals surface area contributed by atoms with Crippen LogP contribution in [0.1, 0.15) is 58.2 Å². The topological polar surface area (TPSA) is 29.9 Å². The predicted molar refractivity (Wildman–Crippen MR) is 73.7 cm³/mol. The largest absolute Gasteiger partial charge is 0.330 e. The first kappa shape index (κ1) is 12.2. The number of aromatic nitrogens is 2. The van der Waals surface area contributed by atoms with Gasteiger partial charge in [0.25, 0.3) is 0 Å². The summed E-state index contributed by atoms with van der Waals surface area (Å²) in [7, 11) is 0. The minimum Gasteiger partial charge on any atom is -0.330 e. The molecule has 2 fully saturated rings. The quantitative estimate of drug-likeness (QED) is 0.871. The summed E-state index contributed by atoms with van der Waals surface area (Å²) in [5, 5.41) is 3.50. The maximum atomic E-state index is 4.46. The Morgan fingerprint density at radius 1 is 1.33 bits per heavy atom. The fourth-order valence-corrected chi connectivity index (χ4v) is 3.88. The highest BCUT2D eigenvalue weighted by Crippen LogP contribution is 2.47. The minimum absolute atomic E-state index is 0.273. The number of nitrogens with one attached hydrogen (secondary N) is 1. The minimum atomic E-state index is 0.273.